The van der Waals surface area contributed by atoms with Crippen molar-refractivity contribution < 1.29 is 19.8 Å². The van der Waals surface area contributed by atoms with E-state index in [1.165, 1.54) is 23.3 Å². The van der Waals surface area contributed by atoms with Crippen LogP contribution in [0.2, 0.25) is 0 Å². The van der Waals surface area contributed by atoms with Crippen LogP contribution in [0.15, 0.2) is 77.5 Å². The van der Waals surface area contributed by atoms with Gasteiger partial charge in [-0.05, 0) is 67.8 Å². The molecule has 0 fully saturated rings. The number of aromatic hydroxyl groups is 1. The topological polar surface area (TPSA) is 102 Å². The van der Waals surface area contributed by atoms with Crippen LogP contribution in [0, 0.1) is 13.8 Å². The average molecular weight is 441 g/mol. The van der Waals surface area contributed by atoms with Gasteiger partial charge in [0.1, 0.15) is 5.75 Å². The first-order valence-corrected chi connectivity index (χ1v) is 10.4. The Morgan fingerprint density at radius 3 is 2.48 bits per heavy atom. The molecule has 7 heteroatoms. The van der Waals surface area contributed by atoms with Gasteiger partial charge >= 0.3 is 5.97 Å². The van der Waals surface area contributed by atoms with Gasteiger partial charge in [-0.15, -0.1) is 0 Å². The minimum atomic E-state index is -1.04. The molecule has 0 unspecified atom stereocenters. The van der Waals surface area contributed by atoms with E-state index >= 15 is 0 Å². The van der Waals surface area contributed by atoms with Gasteiger partial charge in [0, 0.05) is 11.8 Å². The third-order valence-electron chi connectivity index (χ3n) is 5.63. The molecule has 3 aromatic carbocycles. The summed E-state index contributed by atoms with van der Waals surface area (Å²) in [5, 5.41) is 28.8. The second kappa shape index (κ2) is 8.63. The van der Waals surface area contributed by atoms with E-state index in [1.54, 1.807) is 37.3 Å². The summed E-state index contributed by atoms with van der Waals surface area (Å²) in [5.74, 6) is -1.37. The Bertz CT molecular complexity index is 1340. The first-order valence-electron chi connectivity index (χ1n) is 10.4. The van der Waals surface area contributed by atoms with Gasteiger partial charge in [0.25, 0.3) is 5.91 Å². The maximum Gasteiger partial charge on any atom is 0.335 e. The number of aryl methyl sites for hydroxylation is 2. The highest BCUT2D eigenvalue weighted by Crippen LogP contribution is 2.36. The summed E-state index contributed by atoms with van der Waals surface area (Å²) in [5.41, 5.74) is 5.37. The number of carbonyl (C=O) groups is 2. The van der Waals surface area contributed by atoms with Crippen molar-refractivity contribution in [1.29, 1.82) is 0 Å². The lowest BCUT2D eigenvalue weighted by Crippen LogP contribution is -2.22. The maximum absolute atomic E-state index is 13.0. The van der Waals surface area contributed by atoms with Crippen molar-refractivity contribution in [1.82, 2.24) is 0 Å². The van der Waals surface area contributed by atoms with Crippen LogP contribution >= 0.6 is 0 Å². The van der Waals surface area contributed by atoms with E-state index in [0.717, 1.165) is 11.1 Å². The minimum absolute atomic E-state index is 0.0528. The molecule has 0 aliphatic carbocycles. The molecule has 0 spiro atoms. The first-order chi connectivity index (χ1) is 15.8. The molecule has 0 bridgehead atoms. The summed E-state index contributed by atoms with van der Waals surface area (Å²) in [6.07, 6.45) is 1.52. The van der Waals surface area contributed by atoms with Crippen LogP contribution < -0.4 is 10.3 Å². The summed E-state index contributed by atoms with van der Waals surface area (Å²) >= 11 is 0. The van der Waals surface area contributed by atoms with Crippen molar-refractivity contribution in [3.05, 3.63) is 89.1 Å². The van der Waals surface area contributed by atoms with Crippen molar-refractivity contribution >= 4 is 29.0 Å². The van der Waals surface area contributed by atoms with E-state index in [2.05, 4.69) is 10.4 Å². The van der Waals surface area contributed by atoms with E-state index in [9.17, 15) is 19.8 Å². The number of nitrogens with one attached hydrogen (secondary N) is 1. The number of hydrazone groups is 1. The zero-order valence-electron chi connectivity index (χ0n) is 18.5. The molecule has 0 saturated heterocycles. The molecular formula is C26H23N3O4. The number of carbonyl (C=O) groups excluding carboxylic acids is 1. The van der Waals surface area contributed by atoms with Crippen molar-refractivity contribution in [3.8, 4) is 16.9 Å². The molecule has 7 nitrogen and oxygen atoms in total. The molecule has 1 heterocycles. The zero-order chi connectivity index (χ0) is 23.7. The van der Waals surface area contributed by atoms with Crippen LogP contribution in [0.4, 0.5) is 11.4 Å². The number of carboxylic acid groups (broad SMARTS) is 1. The number of carboxylic acids is 1. The van der Waals surface area contributed by atoms with Gasteiger partial charge in [0.15, 0.2) is 0 Å². The summed E-state index contributed by atoms with van der Waals surface area (Å²) in [7, 11) is 0. The number of para-hydroxylation sites is 1. The van der Waals surface area contributed by atoms with Gasteiger partial charge in [0.05, 0.1) is 28.2 Å². The van der Waals surface area contributed by atoms with Gasteiger partial charge in [0.2, 0.25) is 0 Å². The monoisotopic (exact) mass is 441 g/mol. The molecule has 0 aromatic heterocycles. The Morgan fingerprint density at radius 1 is 1.00 bits per heavy atom. The molecule has 4 rings (SSSR count). The van der Waals surface area contributed by atoms with Crippen molar-refractivity contribution in [2.45, 2.75) is 20.8 Å². The average Bonchev–Trinajstić information content (AvgIpc) is 3.08. The predicted molar refractivity (Wildman–Crippen MR) is 129 cm³/mol. The summed E-state index contributed by atoms with van der Waals surface area (Å²) < 4.78 is 0. The molecule has 0 saturated carbocycles. The third-order valence-corrected chi connectivity index (χ3v) is 5.63. The number of rotatable bonds is 5. The number of phenolic OH excluding ortho intramolecular Hbond substituents is 1. The molecular weight excluding hydrogens is 418 g/mol. The van der Waals surface area contributed by atoms with Gasteiger partial charge in [-0.2, -0.15) is 10.1 Å². The number of phenols is 1. The molecule has 3 N–H and O–H groups in total. The summed E-state index contributed by atoms with van der Waals surface area (Å²) in [6.45, 7) is 5.74. The summed E-state index contributed by atoms with van der Waals surface area (Å²) in [6, 6.07) is 17.2. The van der Waals surface area contributed by atoms with E-state index in [4.69, 9.17) is 0 Å². The number of hydrogen-bond donors (Lipinski definition) is 3. The van der Waals surface area contributed by atoms with Crippen LogP contribution in [-0.4, -0.2) is 27.8 Å². The smallest absolute Gasteiger partial charge is 0.335 e. The highest BCUT2D eigenvalue weighted by molar-refractivity contribution is 6.29. The molecule has 166 valence electrons. The standard InChI is InChI=1S/C26H23N3O4/c1-15-10-11-20(12-16(15)2)29-25(31)22(17(3)28-29)14-27-23-9-5-8-21(24(23)30)18-6-4-7-19(13-18)26(32)33/h4-14,27,30H,1-3H3,(H,32,33). The van der Waals surface area contributed by atoms with E-state index in [1.807, 2.05) is 32.0 Å². The highest BCUT2D eigenvalue weighted by atomic mass is 16.4. The largest absolute Gasteiger partial charge is 0.505 e. The second-order valence-electron chi connectivity index (χ2n) is 7.86. The maximum atomic E-state index is 13.0. The van der Waals surface area contributed by atoms with Crippen LogP contribution in [0.5, 0.6) is 5.75 Å². The lowest BCUT2D eigenvalue weighted by atomic mass is 10.0. The lowest BCUT2D eigenvalue weighted by molar-refractivity contribution is -0.114. The van der Waals surface area contributed by atoms with Gasteiger partial charge in [-0.25, -0.2) is 4.79 Å². The Hall–Kier alpha value is -4.39. The second-order valence-corrected chi connectivity index (χ2v) is 7.86. The summed E-state index contributed by atoms with van der Waals surface area (Å²) in [4.78, 5) is 24.3. The fourth-order valence-corrected chi connectivity index (χ4v) is 3.58. The highest BCUT2D eigenvalue weighted by Gasteiger charge is 2.29. The first kappa shape index (κ1) is 21.8. The molecule has 1 aliphatic rings. The molecule has 33 heavy (non-hydrogen) atoms. The van der Waals surface area contributed by atoms with Crippen molar-refractivity contribution in [2.75, 3.05) is 10.3 Å². The van der Waals surface area contributed by atoms with Crippen LogP contribution in [0.3, 0.4) is 0 Å². The van der Waals surface area contributed by atoms with Gasteiger partial charge < -0.3 is 15.5 Å². The van der Waals surface area contributed by atoms with E-state index in [-0.39, 0.29) is 17.2 Å². The van der Waals surface area contributed by atoms with E-state index in [0.29, 0.717) is 33.8 Å². The Morgan fingerprint density at radius 2 is 1.76 bits per heavy atom. The lowest BCUT2D eigenvalue weighted by Gasteiger charge is -2.14. The minimum Gasteiger partial charge on any atom is -0.505 e. The molecule has 0 atom stereocenters. The zero-order valence-corrected chi connectivity index (χ0v) is 18.5. The fourth-order valence-electron chi connectivity index (χ4n) is 3.58. The van der Waals surface area contributed by atoms with Crippen molar-refractivity contribution in [2.24, 2.45) is 5.10 Å². The van der Waals surface area contributed by atoms with Crippen LogP contribution in [0.1, 0.15) is 28.4 Å². The van der Waals surface area contributed by atoms with Crippen LogP contribution in [0.25, 0.3) is 11.1 Å². The number of hydrogen-bond acceptors (Lipinski definition) is 5. The number of nitrogens with zero attached hydrogens (tertiary/aromatic N) is 2. The van der Waals surface area contributed by atoms with Gasteiger partial charge in [-0.1, -0.05) is 30.3 Å². The Labute approximate surface area is 191 Å². The molecule has 1 aliphatic heterocycles. The predicted octanol–water partition coefficient (Wildman–Crippen LogP) is 5.09. The van der Waals surface area contributed by atoms with Crippen LogP contribution in [-0.2, 0) is 4.79 Å². The van der Waals surface area contributed by atoms with E-state index < -0.39 is 5.97 Å². The number of benzene rings is 3. The Kier molecular flexibility index (Phi) is 5.70. The quantitative estimate of drug-likeness (QED) is 0.378. The van der Waals surface area contributed by atoms with Gasteiger partial charge in [-0.3, -0.25) is 4.79 Å². The fraction of sp³-hybridized carbons (Fsp3) is 0.115. The SMILES string of the molecule is CC1=NN(c2ccc(C)c(C)c2)C(=O)C1=CNc1cccc(-c2cccc(C(=O)O)c2)c1O. The van der Waals surface area contributed by atoms with Crippen molar-refractivity contribution in [3.63, 3.8) is 0 Å². The number of amides is 1. The molecule has 1 amide bonds. The normalized spacial score (nSPS) is 14.5. The number of anilines is 2. The number of aromatic carboxylic acids is 1. The third kappa shape index (κ3) is 4.21. The Balaban J connectivity index is 1.61. The molecule has 3 aromatic rings. The molecule has 0 radical (unpaired) electrons.